The first-order chi connectivity index (χ1) is 15.1. The smallest absolute Gasteiger partial charge is 0.234 e. The second-order valence-electron chi connectivity index (χ2n) is 6.85. The number of amides is 1. The Bertz CT molecular complexity index is 1120. The number of aromatic nitrogens is 3. The normalized spacial score (nSPS) is 10.6. The van der Waals surface area contributed by atoms with Crippen molar-refractivity contribution < 1.29 is 9.53 Å². The molecular formula is C24H22N4O2S. The highest BCUT2D eigenvalue weighted by atomic mass is 32.2. The topological polar surface area (TPSA) is 69.0 Å². The van der Waals surface area contributed by atoms with Gasteiger partial charge in [-0.2, -0.15) is 0 Å². The summed E-state index contributed by atoms with van der Waals surface area (Å²) in [5.74, 6) is 1.59. The number of rotatable bonds is 7. The van der Waals surface area contributed by atoms with Gasteiger partial charge >= 0.3 is 0 Å². The van der Waals surface area contributed by atoms with Crippen LogP contribution in [0.5, 0.6) is 5.75 Å². The predicted molar refractivity (Wildman–Crippen MR) is 124 cm³/mol. The maximum absolute atomic E-state index is 12.5. The molecule has 1 amide bonds. The molecule has 0 aliphatic carbocycles. The molecule has 4 rings (SSSR count). The van der Waals surface area contributed by atoms with Gasteiger partial charge in [0.2, 0.25) is 11.1 Å². The average molecular weight is 431 g/mol. The van der Waals surface area contributed by atoms with Crippen molar-refractivity contribution in [3.8, 4) is 22.8 Å². The summed E-state index contributed by atoms with van der Waals surface area (Å²) in [7, 11) is 1.62. The number of carbonyl (C=O) groups excluding carboxylic acids is 1. The lowest BCUT2D eigenvalue weighted by molar-refractivity contribution is -0.113. The molecule has 6 nitrogen and oxygen atoms in total. The van der Waals surface area contributed by atoms with E-state index in [9.17, 15) is 4.79 Å². The van der Waals surface area contributed by atoms with E-state index < -0.39 is 0 Å². The van der Waals surface area contributed by atoms with Gasteiger partial charge in [0.25, 0.3) is 0 Å². The molecule has 0 unspecified atom stereocenters. The van der Waals surface area contributed by atoms with Crippen LogP contribution in [0.4, 0.5) is 5.69 Å². The molecule has 4 aromatic rings. The molecule has 31 heavy (non-hydrogen) atoms. The number of benzene rings is 3. The molecule has 0 aliphatic heterocycles. The third-order valence-corrected chi connectivity index (χ3v) is 5.50. The quantitative estimate of drug-likeness (QED) is 0.419. The van der Waals surface area contributed by atoms with Crippen LogP contribution >= 0.6 is 11.8 Å². The Balaban J connectivity index is 1.51. The Morgan fingerprint density at radius 3 is 2.42 bits per heavy atom. The second kappa shape index (κ2) is 9.49. The second-order valence-corrected chi connectivity index (χ2v) is 7.79. The van der Waals surface area contributed by atoms with E-state index in [2.05, 4.69) is 10.4 Å². The summed E-state index contributed by atoms with van der Waals surface area (Å²) in [5.41, 5.74) is 3.58. The van der Waals surface area contributed by atoms with Gasteiger partial charge in [0.05, 0.1) is 18.6 Å². The number of anilines is 1. The lowest BCUT2D eigenvalue weighted by Gasteiger charge is -2.09. The molecular weight excluding hydrogens is 408 g/mol. The van der Waals surface area contributed by atoms with Crippen molar-refractivity contribution in [2.24, 2.45) is 0 Å². The van der Waals surface area contributed by atoms with Crippen LogP contribution in [-0.2, 0) is 4.79 Å². The molecule has 0 fully saturated rings. The number of nitrogens with one attached hydrogen (secondary N) is 1. The first-order valence-electron chi connectivity index (χ1n) is 9.79. The fraction of sp³-hybridized carbons (Fsp3) is 0.125. The summed E-state index contributed by atoms with van der Waals surface area (Å²) < 4.78 is 7.02. The van der Waals surface area contributed by atoms with E-state index in [4.69, 9.17) is 9.72 Å². The van der Waals surface area contributed by atoms with Crippen molar-refractivity contribution in [1.82, 2.24) is 14.8 Å². The molecule has 3 aromatic carbocycles. The van der Waals surface area contributed by atoms with Crippen LogP contribution in [0.1, 0.15) is 5.56 Å². The Labute approximate surface area is 185 Å². The summed E-state index contributed by atoms with van der Waals surface area (Å²) in [6.45, 7) is 1.93. The van der Waals surface area contributed by atoms with Gasteiger partial charge in [0.1, 0.15) is 5.75 Å². The van der Waals surface area contributed by atoms with Crippen molar-refractivity contribution in [3.05, 3.63) is 84.4 Å². The van der Waals surface area contributed by atoms with Gasteiger partial charge in [-0.25, -0.2) is 9.67 Å². The van der Waals surface area contributed by atoms with E-state index >= 15 is 0 Å². The standard InChI is InChI=1S/C24H22N4O2S/c1-17-15-20(30-2)13-14-21(17)25-22(29)16-31-24-26-23(18-9-5-3-6-10-18)28(27-24)19-11-7-4-8-12-19/h3-15H,16H2,1-2H3,(H,25,29). The summed E-state index contributed by atoms with van der Waals surface area (Å²) in [6, 6.07) is 25.3. The van der Waals surface area contributed by atoms with Crippen LogP contribution in [0.2, 0.25) is 0 Å². The first-order valence-corrected chi connectivity index (χ1v) is 10.8. The maximum atomic E-state index is 12.5. The summed E-state index contributed by atoms with van der Waals surface area (Å²) in [4.78, 5) is 17.2. The minimum Gasteiger partial charge on any atom is -0.497 e. The molecule has 0 atom stereocenters. The Kier molecular flexibility index (Phi) is 6.33. The number of aryl methyl sites for hydroxylation is 1. The fourth-order valence-electron chi connectivity index (χ4n) is 3.10. The maximum Gasteiger partial charge on any atom is 0.234 e. The minimum absolute atomic E-state index is 0.115. The molecule has 1 heterocycles. The van der Waals surface area contributed by atoms with Crippen molar-refractivity contribution in [1.29, 1.82) is 0 Å². The summed E-state index contributed by atoms with van der Waals surface area (Å²) in [6.07, 6.45) is 0. The Morgan fingerprint density at radius 2 is 1.74 bits per heavy atom. The van der Waals surface area contributed by atoms with Crippen LogP contribution in [0.25, 0.3) is 17.1 Å². The van der Waals surface area contributed by atoms with Gasteiger partial charge in [-0.1, -0.05) is 60.3 Å². The van der Waals surface area contributed by atoms with Crippen LogP contribution in [-0.4, -0.2) is 33.5 Å². The highest BCUT2D eigenvalue weighted by Crippen LogP contribution is 2.25. The third-order valence-electron chi connectivity index (χ3n) is 4.66. The number of para-hydroxylation sites is 1. The number of hydrogen-bond donors (Lipinski definition) is 1. The van der Waals surface area contributed by atoms with E-state index in [0.29, 0.717) is 5.16 Å². The predicted octanol–water partition coefficient (Wildman–Crippen LogP) is 4.98. The molecule has 0 aliphatic rings. The molecule has 0 radical (unpaired) electrons. The fourth-order valence-corrected chi connectivity index (χ4v) is 3.72. The van der Waals surface area contributed by atoms with Gasteiger partial charge < -0.3 is 10.1 Å². The Morgan fingerprint density at radius 1 is 1.03 bits per heavy atom. The summed E-state index contributed by atoms with van der Waals surface area (Å²) >= 11 is 1.31. The number of hydrogen-bond acceptors (Lipinski definition) is 5. The average Bonchev–Trinajstić information content (AvgIpc) is 3.24. The van der Waals surface area contributed by atoms with E-state index in [1.807, 2.05) is 90.5 Å². The Hall–Kier alpha value is -3.58. The van der Waals surface area contributed by atoms with Gasteiger partial charge in [-0.3, -0.25) is 4.79 Å². The number of thioether (sulfide) groups is 1. The highest BCUT2D eigenvalue weighted by Gasteiger charge is 2.15. The van der Waals surface area contributed by atoms with E-state index in [1.54, 1.807) is 7.11 Å². The van der Waals surface area contributed by atoms with Gasteiger partial charge in [0, 0.05) is 11.3 Å². The molecule has 7 heteroatoms. The number of carbonyl (C=O) groups is 1. The monoisotopic (exact) mass is 430 g/mol. The zero-order valence-corrected chi connectivity index (χ0v) is 18.1. The molecule has 1 aromatic heterocycles. The molecule has 1 N–H and O–H groups in total. The lowest BCUT2D eigenvalue weighted by Crippen LogP contribution is -2.15. The van der Waals surface area contributed by atoms with Gasteiger partial charge in [-0.15, -0.1) is 5.10 Å². The van der Waals surface area contributed by atoms with Crippen LogP contribution in [0.3, 0.4) is 0 Å². The molecule has 0 spiro atoms. The molecule has 156 valence electrons. The zero-order valence-electron chi connectivity index (χ0n) is 17.3. The molecule has 0 saturated heterocycles. The van der Waals surface area contributed by atoms with Gasteiger partial charge in [0.15, 0.2) is 5.82 Å². The van der Waals surface area contributed by atoms with E-state index in [-0.39, 0.29) is 11.7 Å². The largest absolute Gasteiger partial charge is 0.497 e. The van der Waals surface area contributed by atoms with Crippen molar-refractivity contribution in [2.45, 2.75) is 12.1 Å². The minimum atomic E-state index is -0.115. The van der Waals surface area contributed by atoms with Crippen molar-refractivity contribution >= 4 is 23.4 Å². The highest BCUT2D eigenvalue weighted by molar-refractivity contribution is 7.99. The van der Waals surface area contributed by atoms with Crippen molar-refractivity contribution in [2.75, 3.05) is 18.2 Å². The summed E-state index contributed by atoms with van der Waals surface area (Å²) in [5, 5.41) is 8.13. The number of nitrogens with zero attached hydrogens (tertiary/aromatic N) is 3. The third kappa shape index (κ3) is 4.95. The lowest BCUT2D eigenvalue weighted by atomic mass is 10.2. The molecule has 0 bridgehead atoms. The van der Waals surface area contributed by atoms with Gasteiger partial charge in [-0.05, 0) is 42.8 Å². The number of methoxy groups -OCH3 is 1. The van der Waals surface area contributed by atoms with Crippen LogP contribution in [0.15, 0.2) is 84.0 Å². The number of ether oxygens (including phenoxy) is 1. The zero-order chi connectivity index (χ0) is 21.6. The van der Waals surface area contributed by atoms with E-state index in [0.717, 1.165) is 34.1 Å². The van der Waals surface area contributed by atoms with Crippen LogP contribution in [0, 0.1) is 6.92 Å². The first kappa shape index (κ1) is 20.7. The SMILES string of the molecule is COc1ccc(NC(=O)CSc2nc(-c3ccccc3)n(-c3ccccc3)n2)c(C)c1. The van der Waals surface area contributed by atoms with Crippen LogP contribution < -0.4 is 10.1 Å². The van der Waals surface area contributed by atoms with E-state index in [1.165, 1.54) is 11.8 Å². The van der Waals surface area contributed by atoms with Crippen molar-refractivity contribution in [3.63, 3.8) is 0 Å². The molecule has 0 saturated carbocycles.